The van der Waals surface area contributed by atoms with Crippen LogP contribution in [-0.2, 0) is 4.79 Å². The van der Waals surface area contributed by atoms with Gasteiger partial charge in [0.2, 0.25) is 0 Å². The van der Waals surface area contributed by atoms with Crippen molar-refractivity contribution in [1.29, 1.82) is 0 Å². The minimum atomic E-state index is -0.353. The van der Waals surface area contributed by atoms with E-state index in [1.54, 1.807) is 43.5 Å². The molecule has 2 aromatic rings. The van der Waals surface area contributed by atoms with E-state index in [4.69, 9.17) is 4.74 Å². The van der Waals surface area contributed by atoms with Crippen LogP contribution in [0, 0.1) is 5.82 Å². The van der Waals surface area contributed by atoms with Crippen LogP contribution in [0.1, 0.15) is 38.8 Å². The summed E-state index contributed by atoms with van der Waals surface area (Å²) in [4.78, 5) is 19.5. The second-order valence-electron chi connectivity index (χ2n) is 8.30. The molecule has 2 aliphatic rings. The SMILES string of the molecule is CCN1c2cc(F)c(/C=C3/SC(=Nc4ccc(OC)cc4)NC3=O)cc2C(C)=CC1(C)C. The average molecular weight is 452 g/mol. The van der Waals surface area contributed by atoms with Gasteiger partial charge in [-0.2, -0.15) is 0 Å². The van der Waals surface area contributed by atoms with Crippen LogP contribution in [0.15, 0.2) is 52.4 Å². The van der Waals surface area contributed by atoms with E-state index in [0.717, 1.165) is 29.1 Å². The summed E-state index contributed by atoms with van der Waals surface area (Å²) in [7, 11) is 1.60. The molecule has 2 aliphatic heterocycles. The standard InChI is InChI=1S/C25H26FN3O2S/c1-6-29-21-13-20(26)16(11-19(21)15(2)14-25(29,3)4)12-22-23(30)28-24(32-22)27-17-7-9-18(31-5)10-8-17/h7-14H,6H2,1-5H3,(H,27,28,30)/b22-12+. The molecule has 0 saturated carbocycles. The minimum Gasteiger partial charge on any atom is -0.497 e. The van der Waals surface area contributed by atoms with Gasteiger partial charge in [-0.3, -0.25) is 4.79 Å². The number of anilines is 1. The average Bonchev–Trinajstić information content (AvgIpc) is 3.08. The van der Waals surface area contributed by atoms with Crippen molar-refractivity contribution in [3.05, 3.63) is 64.3 Å². The van der Waals surface area contributed by atoms with Crippen molar-refractivity contribution in [1.82, 2.24) is 5.32 Å². The number of halogens is 1. The van der Waals surface area contributed by atoms with Gasteiger partial charge in [0, 0.05) is 23.4 Å². The van der Waals surface area contributed by atoms with Gasteiger partial charge in [-0.25, -0.2) is 9.38 Å². The number of amides is 1. The quantitative estimate of drug-likeness (QED) is 0.602. The number of allylic oxidation sites excluding steroid dienone is 1. The van der Waals surface area contributed by atoms with E-state index in [-0.39, 0.29) is 17.3 Å². The molecule has 0 unspecified atom stereocenters. The van der Waals surface area contributed by atoms with Crippen molar-refractivity contribution in [2.24, 2.45) is 4.99 Å². The highest BCUT2D eigenvalue weighted by Crippen LogP contribution is 2.40. The normalized spacial score (nSPS) is 19.8. The van der Waals surface area contributed by atoms with E-state index in [9.17, 15) is 4.79 Å². The number of hydrogen-bond donors (Lipinski definition) is 1. The first-order valence-corrected chi connectivity index (χ1v) is 11.3. The molecule has 0 aromatic heterocycles. The summed E-state index contributed by atoms with van der Waals surface area (Å²) in [6, 6.07) is 10.6. The maximum absolute atomic E-state index is 15.1. The van der Waals surface area contributed by atoms with Crippen LogP contribution < -0.4 is 15.0 Å². The number of ether oxygens (including phenoxy) is 1. The van der Waals surface area contributed by atoms with Crippen molar-refractivity contribution in [2.45, 2.75) is 33.2 Å². The number of nitrogens with one attached hydrogen (secondary N) is 1. The first-order valence-electron chi connectivity index (χ1n) is 10.5. The lowest BCUT2D eigenvalue weighted by Gasteiger charge is -2.42. The smallest absolute Gasteiger partial charge is 0.264 e. The van der Waals surface area contributed by atoms with Gasteiger partial charge in [0.1, 0.15) is 11.6 Å². The van der Waals surface area contributed by atoms with Crippen molar-refractivity contribution in [3.8, 4) is 5.75 Å². The van der Waals surface area contributed by atoms with Crippen molar-refractivity contribution in [3.63, 3.8) is 0 Å². The topological polar surface area (TPSA) is 53.9 Å². The molecule has 1 fully saturated rings. The Bertz CT molecular complexity index is 1170. The fraction of sp³-hybridized carbons (Fsp3) is 0.280. The molecule has 32 heavy (non-hydrogen) atoms. The molecule has 1 N–H and O–H groups in total. The zero-order valence-corrected chi connectivity index (χ0v) is 19.6. The highest BCUT2D eigenvalue weighted by Gasteiger charge is 2.31. The molecule has 1 saturated heterocycles. The second kappa shape index (κ2) is 8.47. The summed E-state index contributed by atoms with van der Waals surface area (Å²) in [6.07, 6.45) is 3.79. The van der Waals surface area contributed by atoms with Crippen LogP contribution in [0.2, 0.25) is 0 Å². The number of methoxy groups -OCH3 is 1. The third-order valence-corrected chi connectivity index (χ3v) is 6.56. The number of amidine groups is 1. The number of nitrogens with zero attached hydrogens (tertiary/aromatic N) is 2. The van der Waals surface area contributed by atoms with Crippen LogP contribution in [-0.4, -0.2) is 30.3 Å². The van der Waals surface area contributed by atoms with Gasteiger partial charge in [-0.15, -0.1) is 0 Å². The molecule has 166 valence electrons. The molecule has 1 amide bonds. The van der Waals surface area contributed by atoms with Crippen LogP contribution >= 0.6 is 11.8 Å². The number of carbonyl (C=O) groups excluding carboxylic acids is 1. The second-order valence-corrected chi connectivity index (χ2v) is 9.33. The maximum atomic E-state index is 15.1. The lowest BCUT2D eigenvalue weighted by molar-refractivity contribution is -0.115. The van der Waals surface area contributed by atoms with E-state index in [1.807, 2.05) is 13.0 Å². The van der Waals surface area contributed by atoms with E-state index >= 15 is 4.39 Å². The van der Waals surface area contributed by atoms with E-state index in [2.05, 4.69) is 42.1 Å². The molecule has 2 heterocycles. The summed E-state index contributed by atoms with van der Waals surface area (Å²) >= 11 is 1.20. The molecule has 5 nitrogen and oxygen atoms in total. The molecule has 4 rings (SSSR count). The molecular weight excluding hydrogens is 425 g/mol. The predicted octanol–water partition coefficient (Wildman–Crippen LogP) is 5.75. The largest absolute Gasteiger partial charge is 0.497 e. The minimum absolute atomic E-state index is 0.188. The van der Waals surface area contributed by atoms with Crippen molar-refractivity contribution < 1.29 is 13.9 Å². The van der Waals surface area contributed by atoms with Crippen LogP contribution in [0.25, 0.3) is 11.6 Å². The lowest BCUT2D eigenvalue weighted by Crippen LogP contribution is -2.45. The summed E-state index contributed by atoms with van der Waals surface area (Å²) in [5.74, 6) is 0.0898. The molecule has 0 atom stereocenters. The fourth-order valence-electron chi connectivity index (χ4n) is 4.20. The van der Waals surface area contributed by atoms with Gasteiger partial charge in [-0.1, -0.05) is 6.08 Å². The Morgan fingerprint density at radius 2 is 1.97 bits per heavy atom. The summed E-state index contributed by atoms with van der Waals surface area (Å²) in [6.45, 7) is 9.13. The predicted molar refractivity (Wildman–Crippen MR) is 131 cm³/mol. The zero-order valence-electron chi connectivity index (χ0n) is 18.8. The van der Waals surface area contributed by atoms with Gasteiger partial charge < -0.3 is 15.0 Å². The molecule has 0 bridgehead atoms. The number of hydrogen-bond acceptors (Lipinski definition) is 5. The number of rotatable bonds is 4. The zero-order chi connectivity index (χ0) is 23.0. The maximum Gasteiger partial charge on any atom is 0.264 e. The Labute approximate surface area is 192 Å². The number of fused-ring (bicyclic) bond motifs is 1. The molecule has 0 spiro atoms. The first kappa shape index (κ1) is 22.1. The first-order chi connectivity index (χ1) is 15.2. The Hall–Kier alpha value is -3.06. The monoisotopic (exact) mass is 451 g/mol. The summed E-state index contributed by atoms with van der Waals surface area (Å²) in [5, 5.41) is 3.21. The molecular formula is C25H26FN3O2S. The van der Waals surface area contributed by atoms with E-state index in [1.165, 1.54) is 11.8 Å². The lowest BCUT2D eigenvalue weighted by atomic mass is 9.88. The van der Waals surface area contributed by atoms with Gasteiger partial charge in [-0.05, 0) is 87.5 Å². The van der Waals surface area contributed by atoms with Crippen LogP contribution in [0.3, 0.4) is 0 Å². The number of benzene rings is 2. The number of thioether (sulfide) groups is 1. The fourth-order valence-corrected chi connectivity index (χ4v) is 5.03. The third kappa shape index (κ3) is 4.17. The number of aliphatic imine (C=N–C) groups is 1. The third-order valence-electron chi connectivity index (χ3n) is 5.65. The number of carbonyl (C=O) groups is 1. The number of likely N-dealkylation sites (N-methyl/N-ethyl adjacent to an activating group) is 1. The Balaban J connectivity index is 1.65. The van der Waals surface area contributed by atoms with Crippen molar-refractivity contribution in [2.75, 3.05) is 18.6 Å². The van der Waals surface area contributed by atoms with Gasteiger partial charge in [0.15, 0.2) is 5.17 Å². The van der Waals surface area contributed by atoms with Gasteiger partial charge in [0.05, 0.1) is 23.2 Å². The molecule has 2 aromatic carbocycles. The van der Waals surface area contributed by atoms with Gasteiger partial charge >= 0.3 is 0 Å². The highest BCUT2D eigenvalue weighted by atomic mass is 32.2. The molecule has 0 radical (unpaired) electrons. The highest BCUT2D eigenvalue weighted by molar-refractivity contribution is 8.18. The van der Waals surface area contributed by atoms with E-state index in [0.29, 0.717) is 21.3 Å². The molecule has 0 aliphatic carbocycles. The Morgan fingerprint density at radius 3 is 2.62 bits per heavy atom. The van der Waals surface area contributed by atoms with Crippen LogP contribution in [0.4, 0.5) is 15.8 Å². The van der Waals surface area contributed by atoms with Crippen molar-refractivity contribution >= 4 is 45.9 Å². The van der Waals surface area contributed by atoms with E-state index < -0.39 is 0 Å². The molecule has 7 heteroatoms. The summed E-state index contributed by atoms with van der Waals surface area (Å²) in [5.41, 5.74) is 3.84. The Morgan fingerprint density at radius 1 is 1.25 bits per heavy atom. The van der Waals surface area contributed by atoms with Crippen LogP contribution in [0.5, 0.6) is 5.75 Å². The van der Waals surface area contributed by atoms with Gasteiger partial charge in [0.25, 0.3) is 5.91 Å². The summed E-state index contributed by atoms with van der Waals surface area (Å²) < 4.78 is 20.2. The Kier molecular flexibility index (Phi) is 5.86.